The lowest BCUT2D eigenvalue weighted by atomic mass is 10.1. The minimum absolute atomic E-state index is 0.0678. The minimum atomic E-state index is 0.0678. The number of hydrogen-bond acceptors (Lipinski definition) is 3. The van der Waals surface area contributed by atoms with Crippen LogP contribution >= 0.6 is 0 Å². The van der Waals surface area contributed by atoms with Crippen LogP contribution in [0.2, 0.25) is 0 Å². The van der Waals surface area contributed by atoms with Crippen LogP contribution in [0.4, 0.5) is 0 Å². The topological polar surface area (TPSA) is 35.6 Å². The molecule has 2 rings (SSSR count). The highest BCUT2D eigenvalue weighted by molar-refractivity contribution is 5.84. The van der Waals surface area contributed by atoms with Crippen LogP contribution in [0, 0.1) is 0 Å². The summed E-state index contributed by atoms with van der Waals surface area (Å²) in [7, 11) is 2.19. The summed E-state index contributed by atoms with van der Waals surface area (Å²) in [5.41, 5.74) is 0. The van der Waals surface area contributed by atoms with Gasteiger partial charge in [-0.2, -0.15) is 0 Å². The molecule has 0 aliphatic carbocycles. The van der Waals surface area contributed by atoms with Crippen molar-refractivity contribution in [2.24, 2.45) is 0 Å². The average molecular weight is 281 g/mol. The number of rotatable bonds is 7. The summed E-state index contributed by atoms with van der Waals surface area (Å²) in [6.45, 7) is 6.48. The van der Waals surface area contributed by atoms with Gasteiger partial charge in [0.05, 0.1) is 12.2 Å². The van der Waals surface area contributed by atoms with Gasteiger partial charge in [0.2, 0.25) is 5.91 Å². The van der Waals surface area contributed by atoms with E-state index < -0.39 is 0 Å². The van der Waals surface area contributed by atoms with Crippen molar-refractivity contribution >= 4 is 5.91 Å². The summed E-state index contributed by atoms with van der Waals surface area (Å²) in [6.07, 6.45) is 8.27. The van der Waals surface area contributed by atoms with E-state index in [4.69, 9.17) is 0 Å². The van der Waals surface area contributed by atoms with Crippen molar-refractivity contribution in [1.82, 2.24) is 15.1 Å². The molecule has 4 nitrogen and oxygen atoms in total. The zero-order valence-corrected chi connectivity index (χ0v) is 13.4. The third-order valence-corrected chi connectivity index (χ3v) is 4.84. The third-order valence-electron chi connectivity index (χ3n) is 4.84. The van der Waals surface area contributed by atoms with Gasteiger partial charge in [-0.25, -0.2) is 0 Å². The van der Waals surface area contributed by atoms with Crippen LogP contribution in [0.25, 0.3) is 0 Å². The first-order valence-corrected chi connectivity index (χ1v) is 8.44. The number of likely N-dealkylation sites (N-methyl/N-ethyl adjacent to an activating group) is 1. The van der Waals surface area contributed by atoms with Crippen LogP contribution in [0.3, 0.4) is 0 Å². The molecule has 20 heavy (non-hydrogen) atoms. The molecule has 1 N–H and O–H groups in total. The standard InChI is InChI=1S/C16H31N3O/c1-4-6-10-14-16(20)19(15(17-14)8-5-2)12-13-9-7-11-18(13)3/h13-15,17H,4-12H2,1-3H3. The Morgan fingerprint density at radius 2 is 2.05 bits per heavy atom. The Morgan fingerprint density at radius 3 is 2.65 bits per heavy atom. The predicted molar refractivity (Wildman–Crippen MR) is 82.5 cm³/mol. The van der Waals surface area contributed by atoms with Crippen LogP contribution in [-0.2, 0) is 4.79 Å². The fourth-order valence-corrected chi connectivity index (χ4v) is 3.53. The van der Waals surface area contributed by atoms with Gasteiger partial charge in [0.1, 0.15) is 0 Å². The Hall–Kier alpha value is -0.610. The molecule has 0 radical (unpaired) electrons. The van der Waals surface area contributed by atoms with E-state index in [0.29, 0.717) is 11.9 Å². The molecule has 0 aromatic heterocycles. The number of amides is 1. The van der Waals surface area contributed by atoms with Crippen molar-refractivity contribution in [3.8, 4) is 0 Å². The Bertz CT molecular complexity index is 321. The molecular weight excluding hydrogens is 250 g/mol. The average Bonchev–Trinajstić information content (AvgIpc) is 2.96. The lowest BCUT2D eigenvalue weighted by Crippen LogP contribution is -2.45. The van der Waals surface area contributed by atoms with E-state index in [9.17, 15) is 4.79 Å². The first-order chi connectivity index (χ1) is 9.67. The van der Waals surface area contributed by atoms with Crippen molar-refractivity contribution in [2.75, 3.05) is 20.1 Å². The fraction of sp³-hybridized carbons (Fsp3) is 0.938. The molecule has 3 unspecified atom stereocenters. The van der Waals surface area contributed by atoms with Crippen molar-refractivity contribution < 1.29 is 4.79 Å². The van der Waals surface area contributed by atoms with E-state index in [1.807, 2.05) is 0 Å². The number of likely N-dealkylation sites (tertiary alicyclic amines) is 1. The number of unbranched alkanes of at least 4 members (excludes halogenated alkanes) is 1. The number of carbonyl (C=O) groups excluding carboxylic acids is 1. The summed E-state index contributed by atoms with van der Waals surface area (Å²) in [4.78, 5) is 17.2. The molecule has 1 amide bonds. The van der Waals surface area contributed by atoms with E-state index >= 15 is 0 Å². The van der Waals surface area contributed by atoms with Crippen LogP contribution < -0.4 is 5.32 Å². The van der Waals surface area contributed by atoms with Gasteiger partial charge in [-0.05, 0) is 39.3 Å². The highest BCUT2D eigenvalue weighted by Gasteiger charge is 2.39. The normalized spacial score (nSPS) is 31.4. The molecule has 0 bridgehead atoms. The van der Waals surface area contributed by atoms with Gasteiger partial charge < -0.3 is 9.80 Å². The highest BCUT2D eigenvalue weighted by Crippen LogP contribution is 2.23. The van der Waals surface area contributed by atoms with Gasteiger partial charge in [0, 0.05) is 12.6 Å². The van der Waals surface area contributed by atoms with Crippen molar-refractivity contribution in [3.63, 3.8) is 0 Å². The Kier molecular flexibility index (Phi) is 5.85. The zero-order chi connectivity index (χ0) is 14.5. The summed E-state index contributed by atoms with van der Waals surface area (Å²) in [5, 5.41) is 3.57. The summed E-state index contributed by atoms with van der Waals surface area (Å²) in [5.74, 6) is 0.345. The molecule has 2 heterocycles. The first kappa shape index (κ1) is 15.8. The third kappa shape index (κ3) is 3.53. The smallest absolute Gasteiger partial charge is 0.241 e. The molecule has 4 heteroatoms. The fourth-order valence-electron chi connectivity index (χ4n) is 3.53. The lowest BCUT2D eigenvalue weighted by Gasteiger charge is -2.29. The van der Waals surface area contributed by atoms with Gasteiger partial charge in [-0.1, -0.05) is 33.1 Å². The van der Waals surface area contributed by atoms with E-state index in [1.165, 1.54) is 19.4 Å². The van der Waals surface area contributed by atoms with Crippen molar-refractivity contribution in [1.29, 1.82) is 0 Å². The van der Waals surface area contributed by atoms with E-state index in [0.717, 1.165) is 38.6 Å². The van der Waals surface area contributed by atoms with E-state index in [1.54, 1.807) is 0 Å². The summed E-state index contributed by atoms with van der Waals surface area (Å²) >= 11 is 0. The molecule has 2 aliphatic heterocycles. The molecule has 0 spiro atoms. The highest BCUT2D eigenvalue weighted by atomic mass is 16.2. The number of nitrogens with one attached hydrogen (secondary N) is 1. The quantitative estimate of drug-likeness (QED) is 0.777. The molecule has 2 aliphatic rings. The molecule has 2 saturated heterocycles. The van der Waals surface area contributed by atoms with Crippen molar-refractivity contribution in [2.45, 2.75) is 77.0 Å². The monoisotopic (exact) mass is 281 g/mol. The SMILES string of the molecule is CCCCC1NC(CCC)N(CC2CCCN2C)C1=O. The Labute approximate surface area is 123 Å². The van der Waals surface area contributed by atoms with Crippen LogP contribution in [0.1, 0.15) is 58.8 Å². The second-order valence-corrected chi connectivity index (χ2v) is 6.43. The number of nitrogens with zero attached hydrogens (tertiary/aromatic N) is 2. The Morgan fingerprint density at radius 1 is 1.25 bits per heavy atom. The number of hydrogen-bond donors (Lipinski definition) is 1. The molecular formula is C16H31N3O. The van der Waals surface area contributed by atoms with Gasteiger partial charge in [-0.15, -0.1) is 0 Å². The van der Waals surface area contributed by atoms with E-state index in [-0.39, 0.29) is 12.2 Å². The maximum Gasteiger partial charge on any atom is 0.241 e. The van der Waals surface area contributed by atoms with Crippen LogP contribution in [0.15, 0.2) is 0 Å². The Balaban J connectivity index is 1.97. The van der Waals surface area contributed by atoms with Crippen LogP contribution in [0.5, 0.6) is 0 Å². The van der Waals surface area contributed by atoms with Crippen molar-refractivity contribution in [3.05, 3.63) is 0 Å². The maximum absolute atomic E-state index is 12.6. The molecule has 0 aromatic rings. The van der Waals surface area contributed by atoms with Gasteiger partial charge in [0.15, 0.2) is 0 Å². The zero-order valence-electron chi connectivity index (χ0n) is 13.4. The summed E-state index contributed by atoms with van der Waals surface area (Å²) in [6, 6.07) is 0.628. The lowest BCUT2D eigenvalue weighted by molar-refractivity contribution is -0.130. The molecule has 0 aromatic carbocycles. The van der Waals surface area contributed by atoms with Gasteiger partial charge >= 0.3 is 0 Å². The van der Waals surface area contributed by atoms with Gasteiger partial charge in [-0.3, -0.25) is 10.1 Å². The van der Waals surface area contributed by atoms with E-state index in [2.05, 4.69) is 36.0 Å². The predicted octanol–water partition coefficient (Wildman–Crippen LogP) is 2.20. The maximum atomic E-state index is 12.6. The summed E-state index contributed by atoms with van der Waals surface area (Å²) < 4.78 is 0. The van der Waals surface area contributed by atoms with Gasteiger partial charge in [0.25, 0.3) is 0 Å². The molecule has 0 saturated carbocycles. The second-order valence-electron chi connectivity index (χ2n) is 6.43. The molecule has 116 valence electrons. The van der Waals surface area contributed by atoms with Crippen LogP contribution in [-0.4, -0.2) is 54.1 Å². The number of carbonyl (C=O) groups is 1. The molecule has 3 atom stereocenters. The largest absolute Gasteiger partial charge is 0.324 e. The molecule has 2 fully saturated rings. The second kappa shape index (κ2) is 7.41. The minimum Gasteiger partial charge on any atom is -0.324 e. The first-order valence-electron chi connectivity index (χ1n) is 8.44.